The highest BCUT2D eigenvalue weighted by Crippen LogP contribution is 2.39. The quantitative estimate of drug-likeness (QED) is 0.451. The van der Waals surface area contributed by atoms with Crippen LogP contribution < -0.4 is 24.4 Å². The molecule has 2 aromatic carbocycles. The van der Waals surface area contributed by atoms with Crippen LogP contribution in [0, 0.1) is 0 Å². The average molecular weight is 484 g/mol. The van der Waals surface area contributed by atoms with Crippen molar-refractivity contribution in [2.75, 3.05) is 49.7 Å². The third-order valence-corrected chi connectivity index (χ3v) is 5.86. The van der Waals surface area contributed by atoms with Gasteiger partial charge < -0.3 is 29.2 Å². The van der Waals surface area contributed by atoms with Crippen molar-refractivity contribution in [3.8, 4) is 17.2 Å². The van der Waals surface area contributed by atoms with Gasteiger partial charge in [-0.3, -0.25) is 4.79 Å². The van der Waals surface area contributed by atoms with E-state index in [1.54, 1.807) is 23.7 Å². The Morgan fingerprint density at radius 2 is 1.88 bits per heavy atom. The fraction of sp³-hybridized carbons (Fsp3) is 0.360. The summed E-state index contributed by atoms with van der Waals surface area (Å²) < 4.78 is 23.1. The maximum Gasteiger partial charge on any atom is 0.255 e. The fourth-order valence-corrected chi connectivity index (χ4v) is 4.18. The van der Waals surface area contributed by atoms with Crippen LogP contribution in [0.1, 0.15) is 29.9 Å². The molecule has 0 bridgehead atoms. The number of amides is 1. The van der Waals surface area contributed by atoms with Crippen LogP contribution in [0.4, 0.5) is 11.4 Å². The number of hydrogen-bond acceptors (Lipinski definition) is 8. The van der Waals surface area contributed by atoms with Crippen molar-refractivity contribution in [1.29, 1.82) is 0 Å². The maximum absolute atomic E-state index is 13.1. The number of morpholine rings is 1. The van der Waals surface area contributed by atoms with E-state index in [0.717, 1.165) is 24.5 Å². The van der Waals surface area contributed by atoms with Crippen molar-refractivity contribution < 1.29 is 23.7 Å². The van der Waals surface area contributed by atoms with Crippen molar-refractivity contribution in [3.63, 3.8) is 0 Å². The first-order valence-electron chi connectivity index (χ1n) is 11.4. The fourth-order valence-electron chi connectivity index (χ4n) is 3.63. The number of benzene rings is 2. The summed E-state index contributed by atoms with van der Waals surface area (Å²) in [5, 5.41) is 4.92. The molecule has 1 aliphatic rings. The highest BCUT2D eigenvalue weighted by Gasteiger charge is 2.21. The third-order valence-electron chi connectivity index (χ3n) is 5.23. The van der Waals surface area contributed by atoms with E-state index in [9.17, 15) is 4.79 Å². The zero-order valence-corrected chi connectivity index (χ0v) is 20.2. The van der Waals surface area contributed by atoms with E-state index >= 15 is 0 Å². The van der Waals surface area contributed by atoms with Gasteiger partial charge in [0.2, 0.25) is 0 Å². The first-order chi connectivity index (χ1) is 16.7. The minimum atomic E-state index is -0.262. The molecule has 0 spiro atoms. The Morgan fingerprint density at radius 1 is 1.09 bits per heavy atom. The minimum Gasteiger partial charge on any atom is -0.492 e. The lowest BCUT2D eigenvalue weighted by Gasteiger charge is -2.31. The van der Waals surface area contributed by atoms with Crippen molar-refractivity contribution in [1.82, 2.24) is 4.98 Å². The summed E-state index contributed by atoms with van der Waals surface area (Å²) in [6, 6.07) is 10.8. The molecule has 3 aromatic rings. The van der Waals surface area contributed by atoms with E-state index in [1.807, 2.05) is 37.4 Å². The van der Waals surface area contributed by atoms with Crippen LogP contribution in [0.25, 0.3) is 0 Å². The first kappa shape index (κ1) is 23.8. The highest BCUT2D eigenvalue weighted by atomic mass is 32.1. The Hall–Kier alpha value is -3.30. The predicted molar refractivity (Wildman–Crippen MR) is 133 cm³/mol. The number of ether oxygens (including phenoxy) is 4. The van der Waals surface area contributed by atoms with Crippen LogP contribution in [-0.2, 0) is 11.3 Å². The monoisotopic (exact) mass is 483 g/mol. The molecule has 1 aliphatic heterocycles. The molecule has 0 aliphatic carbocycles. The number of nitrogens with zero attached hydrogens (tertiary/aromatic N) is 2. The molecule has 180 valence electrons. The Morgan fingerprint density at radius 3 is 2.62 bits per heavy atom. The van der Waals surface area contributed by atoms with Crippen molar-refractivity contribution in [2.45, 2.75) is 20.5 Å². The second-order valence-electron chi connectivity index (χ2n) is 7.53. The lowest BCUT2D eigenvalue weighted by atomic mass is 10.1. The largest absolute Gasteiger partial charge is 0.492 e. The van der Waals surface area contributed by atoms with Crippen molar-refractivity contribution >= 4 is 28.6 Å². The molecule has 1 amide bonds. The molecule has 8 nitrogen and oxygen atoms in total. The summed E-state index contributed by atoms with van der Waals surface area (Å²) in [6.07, 6.45) is 0. The van der Waals surface area contributed by atoms with E-state index in [2.05, 4.69) is 15.2 Å². The smallest absolute Gasteiger partial charge is 0.255 e. The SMILES string of the molecule is CCOc1cc(N2CCOCC2)c(OCC)cc1NC(=O)c1cccc(OCc2cscn2)c1. The molecular formula is C25H29N3O5S. The molecule has 1 N–H and O–H groups in total. The number of anilines is 2. The summed E-state index contributed by atoms with van der Waals surface area (Å²) >= 11 is 1.52. The molecule has 34 heavy (non-hydrogen) atoms. The number of carbonyl (C=O) groups is 1. The van der Waals surface area contributed by atoms with Crippen LogP contribution in [0.15, 0.2) is 47.3 Å². The van der Waals surface area contributed by atoms with Gasteiger partial charge in [-0.1, -0.05) is 6.07 Å². The molecule has 2 heterocycles. The van der Waals surface area contributed by atoms with Gasteiger partial charge in [0, 0.05) is 36.2 Å². The molecule has 1 aromatic heterocycles. The lowest BCUT2D eigenvalue weighted by Crippen LogP contribution is -2.36. The van der Waals surface area contributed by atoms with Gasteiger partial charge in [-0.15, -0.1) is 11.3 Å². The van der Waals surface area contributed by atoms with Crippen molar-refractivity contribution in [2.24, 2.45) is 0 Å². The summed E-state index contributed by atoms with van der Waals surface area (Å²) in [7, 11) is 0. The van der Waals surface area contributed by atoms with Gasteiger partial charge in [-0.2, -0.15) is 0 Å². The van der Waals surface area contributed by atoms with Gasteiger partial charge in [0.1, 0.15) is 23.9 Å². The van der Waals surface area contributed by atoms with Crippen LogP contribution in [0.3, 0.4) is 0 Å². The van der Waals surface area contributed by atoms with Gasteiger partial charge in [-0.05, 0) is 32.0 Å². The number of nitrogens with one attached hydrogen (secondary N) is 1. The zero-order valence-electron chi connectivity index (χ0n) is 19.4. The third kappa shape index (κ3) is 5.98. The second kappa shape index (κ2) is 11.7. The van der Waals surface area contributed by atoms with E-state index in [0.29, 0.717) is 61.5 Å². The summed E-state index contributed by atoms with van der Waals surface area (Å²) in [6.45, 7) is 8.05. The van der Waals surface area contributed by atoms with Gasteiger partial charge >= 0.3 is 0 Å². The zero-order chi connectivity index (χ0) is 23.8. The first-order valence-corrected chi connectivity index (χ1v) is 12.3. The molecule has 4 rings (SSSR count). The van der Waals surface area contributed by atoms with E-state index in [-0.39, 0.29) is 5.91 Å². The Labute approximate surface area is 203 Å². The molecule has 0 radical (unpaired) electrons. The van der Waals surface area contributed by atoms with Crippen LogP contribution in [-0.4, -0.2) is 50.4 Å². The Kier molecular flexibility index (Phi) is 8.21. The standard InChI is InChI=1S/C25H29N3O5S/c1-3-31-23-14-22(28-8-10-30-11-9-28)24(32-4-2)13-21(23)27-25(29)18-6-5-7-20(12-18)33-15-19-16-34-17-26-19/h5-7,12-14,16-17H,3-4,8-11,15H2,1-2H3,(H,27,29). The molecule has 0 unspecified atom stereocenters. The van der Waals surface area contributed by atoms with Crippen LogP contribution in [0.2, 0.25) is 0 Å². The molecular weight excluding hydrogens is 454 g/mol. The van der Waals surface area contributed by atoms with Gasteiger partial charge in [0.05, 0.1) is 49.0 Å². The molecule has 1 saturated heterocycles. The molecule has 9 heteroatoms. The number of aromatic nitrogens is 1. The predicted octanol–water partition coefficient (Wildman–Crippen LogP) is 4.61. The highest BCUT2D eigenvalue weighted by molar-refractivity contribution is 7.07. The summed E-state index contributed by atoms with van der Waals surface area (Å²) in [5.74, 6) is 1.63. The Bertz CT molecular complexity index is 1080. The molecule has 0 atom stereocenters. The second-order valence-corrected chi connectivity index (χ2v) is 8.25. The number of carbonyl (C=O) groups excluding carboxylic acids is 1. The summed E-state index contributed by atoms with van der Waals surface area (Å²) in [5.41, 5.74) is 4.59. The molecule has 0 saturated carbocycles. The lowest BCUT2D eigenvalue weighted by molar-refractivity contribution is 0.102. The normalized spacial score (nSPS) is 13.4. The summed E-state index contributed by atoms with van der Waals surface area (Å²) in [4.78, 5) is 19.5. The average Bonchev–Trinajstić information content (AvgIpc) is 3.39. The van der Waals surface area contributed by atoms with Crippen LogP contribution >= 0.6 is 11.3 Å². The number of hydrogen-bond donors (Lipinski definition) is 1. The maximum atomic E-state index is 13.1. The van der Waals surface area contributed by atoms with Crippen LogP contribution in [0.5, 0.6) is 17.2 Å². The Balaban J connectivity index is 1.55. The van der Waals surface area contributed by atoms with E-state index in [4.69, 9.17) is 18.9 Å². The van der Waals surface area contributed by atoms with E-state index < -0.39 is 0 Å². The van der Waals surface area contributed by atoms with E-state index in [1.165, 1.54) is 11.3 Å². The van der Waals surface area contributed by atoms with Gasteiger partial charge in [-0.25, -0.2) is 4.98 Å². The minimum absolute atomic E-state index is 0.262. The van der Waals surface area contributed by atoms with Gasteiger partial charge in [0.15, 0.2) is 0 Å². The molecule has 1 fully saturated rings. The van der Waals surface area contributed by atoms with Gasteiger partial charge in [0.25, 0.3) is 5.91 Å². The number of rotatable bonds is 10. The topological polar surface area (TPSA) is 82.2 Å². The number of thiazole rings is 1. The van der Waals surface area contributed by atoms with Crippen molar-refractivity contribution in [3.05, 3.63) is 58.5 Å².